The fourth-order valence-electron chi connectivity index (χ4n) is 2.37. The van der Waals surface area contributed by atoms with Crippen molar-refractivity contribution >= 4 is 25.7 Å². The van der Waals surface area contributed by atoms with Crippen LogP contribution >= 0.6 is 0 Å². The summed E-state index contributed by atoms with van der Waals surface area (Å²) < 4.78 is 66.8. The Bertz CT molecular complexity index is 942. The van der Waals surface area contributed by atoms with Gasteiger partial charge >= 0.3 is 0 Å². The van der Waals surface area contributed by atoms with Crippen LogP contribution in [0.4, 0.5) is 10.1 Å². The standard InChI is InChI=1S/C18H23FN2O4S2/c1-2-3-4-5-14-20-26(22,23)17-12-8-16(9-13-17)21-27(24,25)18-10-6-15(19)7-11-18/h6-13,20-21H,2-5,14H2,1H3. The molecule has 148 valence electrons. The molecule has 0 atom stereocenters. The number of hydrogen-bond acceptors (Lipinski definition) is 4. The van der Waals surface area contributed by atoms with Crippen LogP contribution in [0.1, 0.15) is 32.6 Å². The van der Waals surface area contributed by atoms with E-state index < -0.39 is 25.9 Å². The number of halogens is 1. The first kappa shape index (κ1) is 21.3. The maximum atomic E-state index is 12.9. The zero-order valence-corrected chi connectivity index (χ0v) is 16.6. The second-order valence-corrected chi connectivity index (χ2v) is 9.49. The predicted octanol–water partition coefficient (Wildman–Crippen LogP) is 3.49. The van der Waals surface area contributed by atoms with Gasteiger partial charge in [0.05, 0.1) is 9.79 Å². The van der Waals surface area contributed by atoms with Gasteiger partial charge in [0, 0.05) is 12.2 Å². The van der Waals surface area contributed by atoms with Crippen LogP contribution in [0.25, 0.3) is 0 Å². The van der Waals surface area contributed by atoms with E-state index in [1.165, 1.54) is 24.3 Å². The van der Waals surface area contributed by atoms with Gasteiger partial charge in [0.25, 0.3) is 10.0 Å². The van der Waals surface area contributed by atoms with E-state index in [1.807, 2.05) is 0 Å². The molecule has 0 unspecified atom stereocenters. The van der Waals surface area contributed by atoms with E-state index in [-0.39, 0.29) is 15.5 Å². The molecule has 2 rings (SSSR count). The van der Waals surface area contributed by atoms with Crippen LogP contribution in [0, 0.1) is 5.82 Å². The summed E-state index contributed by atoms with van der Waals surface area (Å²) in [5.74, 6) is -0.536. The Kier molecular flexibility index (Phi) is 7.34. The van der Waals surface area contributed by atoms with Crippen molar-refractivity contribution in [2.45, 2.75) is 42.4 Å². The molecular formula is C18H23FN2O4S2. The maximum Gasteiger partial charge on any atom is 0.261 e. The molecule has 0 radical (unpaired) electrons. The molecule has 0 aliphatic carbocycles. The molecule has 0 heterocycles. The highest BCUT2D eigenvalue weighted by atomic mass is 32.2. The summed E-state index contributed by atoms with van der Waals surface area (Å²) in [5, 5.41) is 0. The van der Waals surface area contributed by atoms with Crippen molar-refractivity contribution in [3.05, 3.63) is 54.3 Å². The summed E-state index contributed by atoms with van der Waals surface area (Å²) in [6, 6.07) is 9.80. The summed E-state index contributed by atoms with van der Waals surface area (Å²) in [6.07, 6.45) is 3.86. The van der Waals surface area contributed by atoms with E-state index in [4.69, 9.17) is 0 Å². The molecule has 0 bridgehead atoms. The molecule has 2 N–H and O–H groups in total. The molecule has 0 aliphatic heterocycles. The average molecular weight is 415 g/mol. The van der Waals surface area contributed by atoms with E-state index in [0.717, 1.165) is 49.9 Å². The maximum absolute atomic E-state index is 12.9. The van der Waals surface area contributed by atoms with E-state index in [2.05, 4.69) is 16.4 Å². The van der Waals surface area contributed by atoms with Crippen molar-refractivity contribution < 1.29 is 21.2 Å². The third-order valence-corrected chi connectivity index (χ3v) is 6.74. The first-order valence-electron chi connectivity index (χ1n) is 8.63. The van der Waals surface area contributed by atoms with Gasteiger partial charge in [0.1, 0.15) is 5.82 Å². The molecular weight excluding hydrogens is 391 g/mol. The zero-order valence-electron chi connectivity index (χ0n) is 15.0. The van der Waals surface area contributed by atoms with Crippen LogP contribution in [0.15, 0.2) is 58.3 Å². The Morgan fingerprint density at radius 3 is 1.93 bits per heavy atom. The molecule has 0 spiro atoms. The van der Waals surface area contributed by atoms with Gasteiger partial charge in [-0.15, -0.1) is 0 Å². The lowest BCUT2D eigenvalue weighted by Crippen LogP contribution is -2.24. The molecule has 27 heavy (non-hydrogen) atoms. The molecule has 2 aromatic rings. The molecule has 0 saturated heterocycles. The molecule has 0 fully saturated rings. The summed E-state index contributed by atoms with van der Waals surface area (Å²) >= 11 is 0. The van der Waals surface area contributed by atoms with Gasteiger partial charge in [0.2, 0.25) is 10.0 Å². The first-order valence-corrected chi connectivity index (χ1v) is 11.6. The molecule has 0 aliphatic rings. The third kappa shape index (κ3) is 6.30. The van der Waals surface area contributed by atoms with Crippen molar-refractivity contribution in [3.8, 4) is 0 Å². The van der Waals surface area contributed by atoms with Crippen LogP contribution in [-0.4, -0.2) is 23.4 Å². The molecule has 0 amide bonds. The van der Waals surface area contributed by atoms with Crippen molar-refractivity contribution in [1.82, 2.24) is 4.72 Å². The number of rotatable bonds is 10. The van der Waals surface area contributed by atoms with Crippen LogP contribution in [0.2, 0.25) is 0 Å². The lowest BCUT2D eigenvalue weighted by molar-refractivity contribution is 0.573. The van der Waals surface area contributed by atoms with Gasteiger partial charge in [-0.3, -0.25) is 4.72 Å². The van der Waals surface area contributed by atoms with Gasteiger partial charge in [-0.1, -0.05) is 26.2 Å². The molecule has 0 aromatic heterocycles. The number of hydrogen-bond donors (Lipinski definition) is 2. The van der Waals surface area contributed by atoms with Gasteiger partial charge < -0.3 is 0 Å². The summed E-state index contributed by atoms with van der Waals surface area (Å²) in [4.78, 5) is -0.0305. The SMILES string of the molecule is CCCCCCNS(=O)(=O)c1ccc(NS(=O)(=O)c2ccc(F)cc2)cc1. The molecule has 6 nitrogen and oxygen atoms in total. The second-order valence-electron chi connectivity index (χ2n) is 6.04. The Morgan fingerprint density at radius 1 is 0.778 bits per heavy atom. The van der Waals surface area contributed by atoms with Gasteiger partial charge in [-0.2, -0.15) is 0 Å². The van der Waals surface area contributed by atoms with Crippen LogP contribution < -0.4 is 9.44 Å². The monoisotopic (exact) mass is 414 g/mol. The minimum absolute atomic E-state index is 0.0581. The second kappa shape index (κ2) is 9.29. The van der Waals surface area contributed by atoms with Crippen LogP contribution in [-0.2, 0) is 20.0 Å². The number of unbranched alkanes of at least 4 members (excludes halogenated alkanes) is 3. The zero-order chi connectivity index (χ0) is 19.9. The third-order valence-electron chi connectivity index (χ3n) is 3.86. The van der Waals surface area contributed by atoms with Crippen molar-refractivity contribution in [2.24, 2.45) is 0 Å². The molecule has 2 aromatic carbocycles. The Morgan fingerprint density at radius 2 is 1.33 bits per heavy atom. The predicted molar refractivity (Wildman–Crippen MR) is 103 cm³/mol. The lowest BCUT2D eigenvalue weighted by atomic mass is 10.2. The van der Waals surface area contributed by atoms with Crippen molar-refractivity contribution in [1.29, 1.82) is 0 Å². The number of nitrogens with one attached hydrogen (secondary N) is 2. The fraction of sp³-hybridized carbons (Fsp3) is 0.333. The summed E-state index contributed by atoms with van der Waals surface area (Å²) in [6.45, 7) is 2.44. The smallest absolute Gasteiger partial charge is 0.261 e. The summed E-state index contributed by atoms with van der Waals surface area (Å²) in [7, 11) is -7.52. The van der Waals surface area contributed by atoms with Gasteiger partial charge in [-0.05, 0) is 55.0 Å². The highest BCUT2D eigenvalue weighted by Crippen LogP contribution is 2.19. The normalized spacial score (nSPS) is 12.1. The van der Waals surface area contributed by atoms with Gasteiger partial charge in [0.15, 0.2) is 0 Å². The topological polar surface area (TPSA) is 92.3 Å². The van der Waals surface area contributed by atoms with Gasteiger partial charge in [-0.25, -0.2) is 25.9 Å². The minimum atomic E-state index is -3.88. The number of sulfonamides is 2. The molecule has 0 saturated carbocycles. The van der Waals surface area contributed by atoms with Crippen LogP contribution in [0.3, 0.4) is 0 Å². The molecule has 9 heteroatoms. The number of benzene rings is 2. The fourth-order valence-corrected chi connectivity index (χ4v) is 4.50. The highest BCUT2D eigenvalue weighted by molar-refractivity contribution is 7.92. The van der Waals surface area contributed by atoms with E-state index in [0.29, 0.717) is 6.54 Å². The van der Waals surface area contributed by atoms with E-state index >= 15 is 0 Å². The minimum Gasteiger partial charge on any atom is -0.280 e. The van der Waals surface area contributed by atoms with Crippen LogP contribution in [0.5, 0.6) is 0 Å². The van der Waals surface area contributed by atoms with Crippen molar-refractivity contribution in [2.75, 3.05) is 11.3 Å². The Labute approximate surface area is 159 Å². The van der Waals surface area contributed by atoms with E-state index in [9.17, 15) is 21.2 Å². The van der Waals surface area contributed by atoms with E-state index in [1.54, 1.807) is 0 Å². The largest absolute Gasteiger partial charge is 0.280 e. The van der Waals surface area contributed by atoms with Crippen molar-refractivity contribution in [3.63, 3.8) is 0 Å². The number of anilines is 1. The quantitative estimate of drug-likeness (QED) is 0.582. The summed E-state index contributed by atoms with van der Waals surface area (Å²) in [5.41, 5.74) is 0.209. The lowest BCUT2D eigenvalue weighted by Gasteiger charge is -2.10. The average Bonchev–Trinajstić information content (AvgIpc) is 2.62. The Hall–Kier alpha value is -1.97. The Balaban J connectivity index is 2.03. The first-order chi connectivity index (χ1) is 12.7. The highest BCUT2D eigenvalue weighted by Gasteiger charge is 2.16.